The zero-order chi connectivity index (χ0) is 20.9. The van der Waals surface area contributed by atoms with Crippen LogP contribution in [0, 0.1) is 5.92 Å². The lowest BCUT2D eigenvalue weighted by molar-refractivity contribution is 0.108. The molecular weight excluding hydrogens is 368 g/mol. The van der Waals surface area contributed by atoms with Crippen molar-refractivity contribution in [3.63, 3.8) is 0 Å². The monoisotopic (exact) mass is 400 g/mol. The van der Waals surface area contributed by atoms with E-state index in [-0.39, 0.29) is 0 Å². The Morgan fingerprint density at radius 3 is 2.66 bits per heavy atom. The van der Waals surface area contributed by atoms with Gasteiger partial charge < -0.3 is 24.8 Å². The maximum atomic E-state index is 5.76. The number of hydrogen-bond donors (Lipinski definition) is 2. The second-order valence-corrected chi connectivity index (χ2v) is 6.96. The Kier molecular flexibility index (Phi) is 9.78. The highest BCUT2D eigenvalue weighted by Crippen LogP contribution is 2.23. The van der Waals surface area contributed by atoms with Crippen molar-refractivity contribution in [1.29, 1.82) is 0 Å². The molecule has 0 saturated carbocycles. The molecule has 0 amide bonds. The quantitative estimate of drug-likeness (QED) is 0.341. The summed E-state index contributed by atoms with van der Waals surface area (Å²) in [7, 11) is 3.39. The lowest BCUT2D eigenvalue weighted by Gasteiger charge is -2.12. The molecule has 0 aliphatic rings. The summed E-state index contributed by atoms with van der Waals surface area (Å²) in [6.45, 7) is 7.28. The van der Waals surface area contributed by atoms with Gasteiger partial charge in [-0.05, 0) is 30.0 Å². The van der Waals surface area contributed by atoms with Gasteiger partial charge in [-0.2, -0.15) is 0 Å². The van der Waals surface area contributed by atoms with Gasteiger partial charge in [0.2, 0.25) is 5.88 Å². The van der Waals surface area contributed by atoms with Gasteiger partial charge in [0.1, 0.15) is 11.5 Å². The molecule has 0 unspecified atom stereocenters. The van der Waals surface area contributed by atoms with Crippen LogP contribution in [0.25, 0.3) is 0 Å². The maximum Gasteiger partial charge on any atom is 0.219 e. The Balaban J connectivity index is 1.72. The van der Waals surface area contributed by atoms with E-state index in [1.165, 1.54) is 0 Å². The number of nitrogens with one attached hydrogen (secondary N) is 2. The standard InChI is InChI=1S/C22H32N4O3/c1-17(2)16-28-12-6-11-24-22(23-3)26-15-18-9-10-21(25-14-18)29-20-8-5-7-19(13-20)27-4/h5,7-10,13-14,17H,6,11-12,15-16H2,1-4H3,(H2,23,24,26). The molecule has 1 aromatic heterocycles. The predicted octanol–water partition coefficient (Wildman–Crippen LogP) is 3.61. The second-order valence-electron chi connectivity index (χ2n) is 6.96. The summed E-state index contributed by atoms with van der Waals surface area (Å²) in [5.41, 5.74) is 1.03. The first-order chi connectivity index (χ1) is 14.1. The van der Waals surface area contributed by atoms with Gasteiger partial charge in [0.15, 0.2) is 5.96 Å². The predicted molar refractivity (Wildman–Crippen MR) is 116 cm³/mol. The molecule has 0 spiro atoms. The number of benzene rings is 1. The van der Waals surface area contributed by atoms with Crippen molar-refractivity contribution < 1.29 is 14.2 Å². The molecule has 7 nitrogen and oxygen atoms in total. The number of guanidine groups is 1. The van der Waals surface area contributed by atoms with Gasteiger partial charge in [0.25, 0.3) is 0 Å². The second kappa shape index (κ2) is 12.6. The molecule has 7 heteroatoms. The van der Waals surface area contributed by atoms with E-state index < -0.39 is 0 Å². The van der Waals surface area contributed by atoms with E-state index in [9.17, 15) is 0 Å². The Labute approximate surface area is 173 Å². The zero-order valence-electron chi connectivity index (χ0n) is 17.8. The zero-order valence-corrected chi connectivity index (χ0v) is 17.8. The molecule has 0 bridgehead atoms. The summed E-state index contributed by atoms with van der Waals surface area (Å²) in [6.07, 6.45) is 2.72. The van der Waals surface area contributed by atoms with Crippen LogP contribution < -0.4 is 20.1 Å². The van der Waals surface area contributed by atoms with E-state index in [1.54, 1.807) is 20.4 Å². The van der Waals surface area contributed by atoms with Crippen LogP contribution in [0.15, 0.2) is 47.6 Å². The SMILES string of the molecule is CN=C(NCCCOCC(C)C)NCc1ccc(Oc2cccc(OC)c2)nc1. The van der Waals surface area contributed by atoms with Crippen molar-refractivity contribution in [1.82, 2.24) is 15.6 Å². The van der Waals surface area contributed by atoms with Gasteiger partial charge in [-0.15, -0.1) is 0 Å². The Hall–Kier alpha value is -2.80. The molecular formula is C22H32N4O3. The molecule has 0 atom stereocenters. The highest BCUT2D eigenvalue weighted by Gasteiger charge is 2.03. The summed E-state index contributed by atoms with van der Waals surface area (Å²) in [5, 5.41) is 6.56. The number of methoxy groups -OCH3 is 1. The van der Waals surface area contributed by atoms with Crippen LogP contribution in [0.5, 0.6) is 17.4 Å². The summed E-state index contributed by atoms with van der Waals surface area (Å²) in [6, 6.07) is 11.3. The molecule has 2 aromatic rings. The molecule has 1 heterocycles. The highest BCUT2D eigenvalue weighted by molar-refractivity contribution is 5.79. The van der Waals surface area contributed by atoms with Gasteiger partial charge >= 0.3 is 0 Å². The van der Waals surface area contributed by atoms with E-state index in [2.05, 4.69) is 34.5 Å². The summed E-state index contributed by atoms with van der Waals surface area (Å²) >= 11 is 0. The Morgan fingerprint density at radius 2 is 1.97 bits per heavy atom. The number of hydrogen-bond acceptors (Lipinski definition) is 5. The fourth-order valence-corrected chi connectivity index (χ4v) is 2.47. The van der Waals surface area contributed by atoms with Gasteiger partial charge in [-0.25, -0.2) is 4.98 Å². The molecule has 0 aliphatic carbocycles. The summed E-state index contributed by atoms with van der Waals surface area (Å²) in [5.74, 6) is 3.29. The third-order valence-corrected chi connectivity index (χ3v) is 3.95. The maximum absolute atomic E-state index is 5.76. The van der Waals surface area contributed by atoms with Crippen molar-refractivity contribution in [3.05, 3.63) is 48.2 Å². The molecule has 0 saturated heterocycles. The smallest absolute Gasteiger partial charge is 0.219 e. The number of ether oxygens (including phenoxy) is 3. The highest BCUT2D eigenvalue weighted by atomic mass is 16.5. The molecule has 29 heavy (non-hydrogen) atoms. The molecule has 0 fully saturated rings. The normalized spacial score (nSPS) is 11.4. The van der Waals surface area contributed by atoms with Gasteiger partial charge in [0, 0.05) is 51.7 Å². The van der Waals surface area contributed by atoms with Gasteiger partial charge in [-0.3, -0.25) is 4.99 Å². The lowest BCUT2D eigenvalue weighted by atomic mass is 10.2. The lowest BCUT2D eigenvalue weighted by Crippen LogP contribution is -2.37. The third kappa shape index (κ3) is 8.83. The molecule has 0 radical (unpaired) electrons. The fraction of sp³-hybridized carbons (Fsp3) is 0.455. The van der Waals surface area contributed by atoms with Gasteiger partial charge in [0.05, 0.1) is 7.11 Å². The number of pyridine rings is 1. The summed E-state index contributed by atoms with van der Waals surface area (Å²) < 4.78 is 16.5. The van der Waals surface area contributed by atoms with Crippen molar-refractivity contribution in [2.24, 2.45) is 10.9 Å². The Bertz CT molecular complexity index is 748. The minimum Gasteiger partial charge on any atom is -0.497 e. The van der Waals surface area contributed by atoms with E-state index >= 15 is 0 Å². The van der Waals surface area contributed by atoms with Crippen molar-refractivity contribution in [2.75, 3.05) is 33.9 Å². The average molecular weight is 401 g/mol. The van der Waals surface area contributed by atoms with Crippen LogP contribution in [0.4, 0.5) is 0 Å². The van der Waals surface area contributed by atoms with E-state index in [0.717, 1.165) is 43.5 Å². The Morgan fingerprint density at radius 1 is 1.14 bits per heavy atom. The molecule has 1 aromatic carbocycles. The topological polar surface area (TPSA) is 77.0 Å². The third-order valence-electron chi connectivity index (χ3n) is 3.95. The van der Waals surface area contributed by atoms with Crippen LogP contribution >= 0.6 is 0 Å². The van der Waals surface area contributed by atoms with Crippen LogP contribution in [0.1, 0.15) is 25.8 Å². The number of nitrogens with zero attached hydrogens (tertiary/aromatic N) is 2. The fourth-order valence-electron chi connectivity index (χ4n) is 2.47. The average Bonchev–Trinajstić information content (AvgIpc) is 2.73. The van der Waals surface area contributed by atoms with E-state index in [0.29, 0.717) is 24.1 Å². The van der Waals surface area contributed by atoms with E-state index in [1.807, 2.05) is 36.4 Å². The van der Waals surface area contributed by atoms with Crippen molar-refractivity contribution >= 4 is 5.96 Å². The first-order valence-electron chi connectivity index (χ1n) is 9.89. The largest absolute Gasteiger partial charge is 0.497 e. The number of rotatable bonds is 11. The van der Waals surface area contributed by atoms with Crippen LogP contribution in [-0.2, 0) is 11.3 Å². The van der Waals surface area contributed by atoms with Crippen LogP contribution in [0.2, 0.25) is 0 Å². The molecule has 2 N–H and O–H groups in total. The van der Waals surface area contributed by atoms with E-state index in [4.69, 9.17) is 14.2 Å². The molecule has 0 aliphatic heterocycles. The van der Waals surface area contributed by atoms with Crippen molar-refractivity contribution in [3.8, 4) is 17.4 Å². The van der Waals surface area contributed by atoms with Gasteiger partial charge in [-0.1, -0.05) is 26.0 Å². The van der Waals surface area contributed by atoms with Crippen molar-refractivity contribution in [2.45, 2.75) is 26.8 Å². The molecule has 158 valence electrons. The first-order valence-corrected chi connectivity index (χ1v) is 9.89. The minimum absolute atomic E-state index is 0.533. The summed E-state index contributed by atoms with van der Waals surface area (Å²) in [4.78, 5) is 8.60. The van der Waals surface area contributed by atoms with Crippen LogP contribution in [-0.4, -0.2) is 44.9 Å². The molecule has 2 rings (SSSR count). The minimum atomic E-state index is 0.533. The van der Waals surface area contributed by atoms with Crippen LogP contribution in [0.3, 0.4) is 0 Å². The number of aliphatic imine (C=N–C) groups is 1. The first kappa shape index (κ1) is 22.5. The number of aromatic nitrogens is 1.